The van der Waals surface area contributed by atoms with Crippen molar-refractivity contribution in [1.82, 2.24) is 15.1 Å². The molecule has 0 aliphatic carbocycles. The fourth-order valence-electron chi connectivity index (χ4n) is 4.59. The number of benzene rings is 1. The van der Waals surface area contributed by atoms with Crippen LogP contribution in [0, 0.1) is 5.41 Å². The molecule has 1 N–H and O–H groups in total. The summed E-state index contributed by atoms with van der Waals surface area (Å²) in [7, 11) is 0. The lowest BCUT2D eigenvalue weighted by molar-refractivity contribution is 0.0607. The molecular formula is C20H31Cl2N3O. The van der Waals surface area contributed by atoms with Gasteiger partial charge in [0, 0.05) is 31.7 Å². The van der Waals surface area contributed by atoms with Gasteiger partial charge in [-0.3, -0.25) is 9.69 Å². The molecule has 3 aliphatic rings. The molecule has 4 nitrogen and oxygen atoms in total. The molecule has 0 atom stereocenters. The number of hydrogen-bond donors (Lipinski definition) is 1. The van der Waals surface area contributed by atoms with Crippen LogP contribution in [0.25, 0.3) is 0 Å². The molecule has 26 heavy (non-hydrogen) atoms. The zero-order valence-electron chi connectivity index (χ0n) is 15.4. The van der Waals surface area contributed by atoms with Gasteiger partial charge < -0.3 is 10.2 Å². The van der Waals surface area contributed by atoms with Gasteiger partial charge in [-0.05, 0) is 74.8 Å². The summed E-state index contributed by atoms with van der Waals surface area (Å²) in [5.74, 6) is 0.221. The molecule has 6 heteroatoms. The maximum atomic E-state index is 12.9. The number of amides is 1. The lowest BCUT2D eigenvalue weighted by atomic mass is 9.78. The minimum atomic E-state index is 0. The van der Waals surface area contributed by atoms with Crippen LogP contribution in [0.15, 0.2) is 24.3 Å². The number of nitrogens with zero attached hydrogens (tertiary/aromatic N) is 2. The summed E-state index contributed by atoms with van der Waals surface area (Å²) >= 11 is 0. The molecule has 146 valence electrons. The van der Waals surface area contributed by atoms with Crippen LogP contribution in [-0.4, -0.2) is 55.0 Å². The summed E-state index contributed by atoms with van der Waals surface area (Å²) in [5.41, 5.74) is 2.61. The maximum Gasteiger partial charge on any atom is 0.253 e. The highest BCUT2D eigenvalue weighted by atomic mass is 35.5. The van der Waals surface area contributed by atoms with Crippen molar-refractivity contribution in [3.8, 4) is 0 Å². The van der Waals surface area contributed by atoms with E-state index in [1.54, 1.807) is 0 Å². The number of carbonyl (C=O) groups excluding carboxylic acids is 1. The van der Waals surface area contributed by atoms with E-state index in [2.05, 4.69) is 27.2 Å². The summed E-state index contributed by atoms with van der Waals surface area (Å²) in [6.07, 6.45) is 6.20. The van der Waals surface area contributed by atoms with Crippen molar-refractivity contribution in [2.75, 3.05) is 39.3 Å². The zero-order valence-corrected chi connectivity index (χ0v) is 17.0. The SMILES string of the molecule is Cl.Cl.O=C(c1cccc(CN2CCCC2)c1)N1CCC2(CCNC2)CC1. The number of nitrogens with one attached hydrogen (secondary N) is 1. The van der Waals surface area contributed by atoms with Crippen molar-refractivity contribution >= 4 is 30.7 Å². The Morgan fingerprint density at radius 2 is 1.77 bits per heavy atom. The second-order valence-electron chi connectivity index (χ2n) is 7.90. The van der Waals surface area contributed by atoms with Crippen molar-refractivity contribution in [2.45, 2.75) is 38.6 Å². The first kappa shape index (κ1) is 21.5. The molecule has 0 unspecified atom stereocenters. The summed E-state index contributed by atoms with van der Waals surface area (Å²) in [6.45, 7) is 7.48. The van der Waals surface area contributed by atoms with E-state index in [4.69, 9.17) is 0 Å². The van der Waals surface area contributed by atoms with E-state index in [1.807, 2.05) is 12.1 Å². The van der Waals surface area contributed by atoms with E-state index < -0.39 is 0 Å². The molecule has 3 aliphatic heterocycles. The van der Waals surface area contributed by atoms with Gasteiger partial charge in [0.15, 0.2) is 0 Å². The van der Waals surface area contributed by atoms with Crippen LogP contribution < -0.4 is 5.32 Å². The largest absolute Gasteiger partial charge is 0.339 e. The van der Waals surface area contributed by atoms with Gasteiger partial charge in [-0.1, -0.05) is 12.1 Å². The Balaban J connectivity index is 0.00000121. The number of likely N-dealkylation sites (tertiary alicyclic amines) is 2. The summed E-state index contributed by atoms with van der Waals surface area (Å²) in [6, 6.07) is 8.30. The van der Waals surface area contributed by atoms with Crippen molar-refractivity contribution in [3.05, 3.63) is 35.4 Å². The van der Waals surface area contributed by atoms with Gasteiger partial charge in [-0.2, -0.15) is 0 Å². The Kier molecular flexibility index (Phi) is 7.77. The molecule has 3 saturated heterocycles. The first-order chi connectivity index (χ1) is 11.7. The minimum absolute atomic E-state index is 0. The average Bonchev–Trinajstić information content (AvgIpc) is 3.28. The normalized spacial score (nSPS) is 22.1. The van der Waals surface area contributed by atoms with E-state index in [0.717, 1.165) is 51.1 Å². The third-order valence-corrected chi connectivity index (χ3v) is 6.22. The monoisotopic (exact) mass is 399 g/mol. The fraction of sp³-hybridized carbons (Fsp3) is 0.650. The highest BCUT2D eigenvalue weighted by Crippen LogP contribution is 2.37. The summed E-state index contributed by atoms with van der Waals surface area (Å²) < 4.78 is 0. The van der Waals surface area contributed by atoms with Crippen LogP contribution in [0.1, 0.15) is 48.0 Å². The zero-order chi connectivity index (χ0) is 16.4. The molecule has 0 aromatic heterocycles. The topological polar surface area (TPSA) is 35.6 Å². The fourth-order valence-corrected chi connectivity index (χ4v) is 4.59. The van der Waals surface area contributed by atoms with Gasteiger partial charge in [0.2, 0.25) is 0 Å². The van der Waals surface area contributed by atoms with E-state index in [-0.39, 0.29) is 30.7 Å². The standard InChI is InChI=1S/C20H29N3O.2ClH/c24-19(23-12-7-20(8-13-23)6-9-21-16-20)18-5-3-4-17(14-18)15-22-10-1-2-11-22;;/h3-5,14,21H,1-2,6-13,15-16H2;2*1H. The Labute approximate surface area is 169 Å². The third-order valence-electron chi connectivity index (χ3n) is 6.22. The highest BCUT2D eigenvalue weighted by Gasteiger charge is 2.38. The molecule has 1 spiro atoms. The van der Waals surface area contributed by atoms with Gasteiger partial charge in [0.1, 0.15) is 0 Å². The summed E-state index contributed by atoms with van der Waals surface area (Å²) in [4.78, 5) is 17.4. The number of carbonyl (C=O) groups is 1. The maximum absolute atomic E-state index is 12.9. The molecule has 0 bridgehead atoms. The molecule has 0 saturated carbocycles. The van der Waals surface area contributed by atoms with E-state index >= 15 is 0 Å². The van der Waals surface area contributed by atoms with Crippen LogP contribution in [-0.2, 0) is 6.54 Å². The van der Waals surface area contributed by atoms with Crippen LogP contribution >= 0.6 is 24.8 Å². The molecule has 3 heterocycles. The quantitative estimate of drug-likeness (QED) is 0.846. The molecule has 1 aromatic rings. The number of halogens is 2. The lowest BCUT2D eigenvalue weighted by Gasteiger charge is -2.39. The van der Waals surface area contributed by atoms with Crippen molar-refractivity contribution in [1.29, 1.82) is 0 Å². The van der Waals surface area contributed by atoms with Crippen LogP contribution in [0.5, 0.6) is 0 Å². The van der Waals surface area contributed by atoms with E-state index in [1.165, 1.54) is 37.9 Å². The first-order valence-electron chi connectivity index (χ1n) is 9.56. The van der Waals surface area contributed by atoms with Gasteiger partial charge in [0.05, 0.1) is 0 Å². The van der Waals surface area contributed by atoms with Gasteiger partial charge in [0.25, 0.3) is 5.91 Å². The second kappa shape index (κ2) is 9.41. The molecule has 1 amide bonds. The highest BCUT2D eigenvalue weighted by molar-refractivity contribution is 5.94. The number of hydrogen-bond acceptors (Lipinski definition) is 3. The lowest BCUT2D eigenvalue weighted by Crippen LogP contribution is -2.44. The first-order valence-corrected chi connectivity index (χ1v) is 9.56. The molecule has 4 rings (SSSR count). The molecule has 3 fully saturated rings. The average molecular weight is 400 g/mol. The van der Waals surface area contributed by atoms with Crippen LogP contribution in [0.3, 0.4) is 0 Å². The smallest absolute Gasteiger partial charge is 0.253 e. The summed E-state index contributed by atoms with van der Waals surface area (Å²) in [5, 5.41) is 3.49. The van der Waals surface area contributed by atoms with E-state index in [9.17, 15) is 4.79 Å². The molecule has 1 aromatic carbocycles. The van der Waals surface area contributed by atoms with Crippen molar-refractivity contribution < 1.29 is 4.79 Å². The molecule has 0 radical (unpaired) electrons. The van der Waals surface area contributed by atoms with Gasteiger partial charge in [-0.25, -0.2) is 0 Å². The van der Waals surface area contributed by atoms with Gasteiger partial charge >= 0.3 is 0 Å². The van der Waals surface area contributed by atoms with Crippen molar-refractivity contribution in [3.63, 3.8) is 0 Å². The Hall–Kier alpha value is -0.810. The number of rotatable bonds is 3. The predicted molar refractivity (Wildman–Crippen MR) is 111 cm³/mol. The molecular weight excluding hydrogens is 369 g/mol. The Morgan fingerprint density at radius 3 is 2.42 bits per heavy atom. The minimum Gasteiger partial charge on any atom is -0.339 e. The predicted octanol–water partition coefficient (Wildman–Crippen LogP) is 3.34. The van der Waals surface area contributed by atoms with Crippen LogP contribution in [0.2, 0.25) is 0 Å². The number of piperidine rings is 1. The third kappa shape index (κ3) is 4.72. The van der Waals surface area contributed by atoms with E-state index in [0.29, 0.717) is 5.41 Å². The Bertz CT molecular complexity index is 588. The van der Waals surface area contributed by atoms with Crippen molar-refractivity contribution in [2.24, 2.45) is 5.41 Å². The van der Waals surface area contributed by atoms with Gasteiger partial charge in [-0.15, -0.1) is 24.8 Å². The Morgan fingerprint density at radius 1 is 1.04 bits per heavy atom. The van der Waals surface area contributed by atoms with Crippen LogP contribution in [0.4, 0.5) is 0 Å². The second-order valence-corrected chi connectivity index (χ2v) is 7.90.